The second-order valence-corrected chi connectivity index (χ2v) is 6.86. The second-order valence-electron chi connectivity index (χ2n) is 6.86. The van der Waals surface area contributed by atoms with Crippen LogP contribution in [0, 0.1) is 12.8 Å². The predicted octanol–water partition coefficient (Wildman–Crippen LogP) is 4.20. The van der Waals surface area contributed by atoms with Gasteiger partial charge in [-0.05, 0) is 56.7 Å². The van der Waals surface area contributed by atoms with Gasteiger partial charge in [-0.3, -0.25) is 4.79 Å². The molecular formula is C20H27NO2. The van der Waals surface area contributed by atoms with E-state index in [-0.39, 0.29) is 5.91 Å². The molecule has 1 saturated carbocycles. The predicted molar refractivity (Wildman–Crippen MR) is 93.5 cm³/mol. The molecule has 0 N–H and O–H groups in total. The van der Waals surface area contributed by atoms with E-state index >= 15 is 0 Å². The number of benzene rings is 1. The van der Waals surface area contributed by atoms with E-state index in [4.69, 9.17) is 4.74 Å². The molecule has 2 atom stereocenters. The van der Waals surface area contributed by atoms with Gasteiger partial charge in [-0.15, -0.1) is 0 Å². The topological polar surface area (TPSA) is 29.5 Å². The van der Waals surface area contributed by atoms with Crippen LogP contribution < -0.4 is 4.74 Å². The van der Waals surface area contributed by atoms with Gasteiger partial charge >= 0.3 is 0 Å². The first-order valence-corrected chi connectivity index (χ1v) is 8.82. The molecule has 2 aliphatic rings. The highest BCUT2D eigenvalue weighted by molar-refractivity contribution is 5.92. The van der Waals surface area contributed by atoms with Crippen LogP contribution in [0.4, 0.5) is 0 Å². The van der Waals surface area contributed by atoms with Crippen LogP contribution >= 0.6 is 0 Å². The van der Waals surface area contributed by atoms with Crippen LogP contribution in [-0.2, 0) is 4.79 Å². The molecule has 3 rings (SSSR count). The summed E-state index contributed by atoms with van der Waals surface area (Å²) in [7, 11) is 1.67. The first-order chi connectivity index (χ1) is 11.2. The van der Waals surface area contributed by atoms with Gasteiger partial charge in [-0.2, -0.15) is 0 Å². The molecule has 2 unspecified atom stereocenters. The van der Waals surface area contributed by atoms with Crippen LogP contribution in [0.2, 0.25) is 0 Å². The molecule has 124 valence electrons. The van der Waals surface area contributed by atoms with Gasteiger partial charge in [-0.25, -0.2) is 0 Å². The average Bonchev–Trinajstić information content (AvgIpc) is 2.59. The summed E-state index contributed by atoms with van der Waals surface area (Å²) >= 11 is 0. The minimum absolute atomic E-state index is 0.158. The van der Waals surface area contributed by atoms with Crippen molar-refractivity contribution >= 4 is 12.0 Å². The quantitative estimate of drug-likeness (QED) is 0.783. The van der Waals surface area contributed by atoms with Crippen molar-refractivity contribution in [2.75, 3.05) is 13.7 Å². The van der Waals surface area contributed by atoms with Crippen molar-refractivity contribution in [3.63, 3.8) is 0 Å². The summed E-state index contributed by atoms with van der Waals surface area (Å²) in [6.07, 6.45) is 11.1. The maximum Gasteiger partial charge on any atom is 0.246 e. The number of fused-ring (bicyclic) bond motifs is 1. The number of ether oxygens (including phenoxy) is 1. The Hall–Kier alpha value is -1.77. The average molecular weight is 313 g/mol. The highest BCUT2D eigenvalue weighted by atomic mass is 16.5. The van der Waals surface area contributed by atoms with Crippen LogP contribution in [0.5, 0.6) is 5.75 Å². The Balaban J connectivity index is 1.74. The van der Waals surface area contributed by atoms with Crippen LogP contribution in [0.25, 0.3) is 6.08 Å². The summed E-state index contributed by atoms with van der Waals surface area (Å²) in [6.45, 7) is 2.96. The number of nitrogens with zero attached hydrogens (tertiary/aromatic N) is 1. The number of aryl methyl sites for hydroxylation is 1. The third kappa shape index (κ3) is 3.60. The zero-order valence-corrected chi connectivity index (χ0v) is 14.3. The lowest BCUT2D eigenvalue weighted by molar-refractivity contribution is -0.132. The smallest absolute Gasteiger partial charge is 0.246 e. The lowest BCUT2D eigenvalue weighted by atomic mass is 9.78. The molecule has 1 aliphatic heterocycles. The Morgan fingerprint density at radius 3 is 2.83 bits per heavy atom. The van der Waals surface area contributed by atoms with Crippen LogP contribution in [-0.4, -0.2) is 30.5 Å². The van der Waals surface area contributed by atoms with Gasteiger partial charge in [0.2, 0.25) is 5.91 Å². The number of hydrogen-bond acceptors (Lipinski definition) is 2. The largest absolute Gasteiger partial charge is 0.496 e. The number of piperidine rings is 1. The van der Waals surface area contributed by atoms with Crippen molar-refractivity contribution in [2.24, 2.45) is 5.92 Å². The zero-order chi connectivity index (χ0) is 16.2. The van der Waals surface area contributed by atoms with E-state index in [0.717, 1.165) is 30.2 Å². The van der Waals surface area contributed by atoms with E-state index in [0.29, 0.717) is 6.04 Å². The molecule has 1 heterocycles. The van der Waals surface area contributed by atoms with Crippen molar-refractivity contribution in [2.45, 2.75) is 51.5 Å². The molecule has 1 aliphatic carbocycles. The molecule has 1 saturated heterocycles. The number of amides is 1. The summed E-state index contributed by atoms with van der Waals surface area (Å²) in [4.78, 5) is 14.8. The Bertz CT molecular complexity index is 591. The normalized spacial score (nSPS) is 24.5. The monoisotopic (exact) mass is 313 g/mol. The summed E-state index contributed by atoms with van der Waals surface area (Å²) in [6, 6.07) is 6.50. The Kier molecular flexibility index (Phi) is 5.04. The van der Waals surface area contributed by atoms with E-state index in [1.165, 1.54) is 37.7 Å². The number of carbonyl (C=O) groups is 1. The fourth-order valence-corrected chi connectivity index (χ4v) is 4.14. The van der Waals surface area contributed by atoms with Crippen molar-refractivity contribution in [1.29, 1.82) is 0 Å². The van der Waals surface area contributed by atoms with Crippen molar-refractivity contribution < 1.29 is 9.53 Å². The van der Waals surface area contributed by atoms with Crippen molar-refractivity contribution in [3.8, 4) is 5.75 Å². The summed E-state index contributed by atoms with van der Waals surface area (Å²) in [5.74, 6) is 1.70. The first-order valence-electron chi connectivity index (χ1n) is 8.82. The summed E-state index contributed by atoms with van der Waals surface area (Å²) in [5.41, 5.74) is 2.14. The van der Waals surface area contributed by atoms with Crippen molar-refractivity contribution in [3.05, 3.63) is 35.4 Å². The van der Waals surface area contributed by atoms with Gasteiger partial charge in [0.1, 0.15) is 5.75 Å². The van der Waals surface area contributed by atoms with Gasteiger partial charge in [0, 0.05) is 24.2 Å². The minimum Gasteiger partial charge on any atom is -0.496 e. The Morgan fingerprint density at radius 1 is 1.22 bits per heavy atom. The number of hydrogen-bond donors (Lipinski definition) is 0. The number of methoxy groups -OCH3 is 1. The maximum absolute atomic E-state index is 12.7. The Morgan fingerprint density at radius 2 is 2.00 bits per heavy atom. The Labute approximate surface area is 139 Å². The molecule has 0 aromatic heterocycles. The fraction of sp³-hybridized carbons (Fsp3) is 0.550. The first kappa shape index (κ1) is 16.1. The lowest BCUT2D eigenvalue weighted by Gasteiger charge is -2.43. The van der Waals surface area contributed by atoms with Gasteiger partial charge in [0.25, 0.3) is 0 Å². The van der Waals surface area contributed by atoms with Gasteiger partial charge in [0.15, 0.2) is 0 Å². The summed E-state index contributed by atoms with van der Waals surface area (Å²) in [5, 5.41) is 0. The molecule has 3 heteroatoms. The lowest BCUT2D eigenvalue weighted by Crippen LogP contribution is -2.49. The maximum atomic E-state index is 12.7. The third-order valence-corrected chi connectivity index (χ3v) is 5.32. The molecule has 0 spiro atoms. The van der Waals surface area contributed by atoms with Crippen molar-refractivity contribution in [1.82, 2.24) is 4.90 Å². The minimum atomic E-state index is 0.158. The fourth-order valence-electron chi connectivity index (χ4n) is 4.14. The molecule has 1 amide bonds. The van der Waals surface area contributed by atoms with Crippen LogP contribution in [0.1, 0.15) is 49.7 Å². The molecule has 23 heavy (non-hydrogen) atoms. The second kappa shape index (κ2) is 7.20. The van der Waals surface area contributed by atoms with Gasteiger partial charge in [0.05, 0.1) is 7.11 Å². The molecule has 0 radical (unpaired) electrons. The molecule has 1 aromatic rings. The van der Waals surface area contributed by atoms with E-state index in [1.54, 1.807) is 13.2 Å². The van der Waals surface area contributed by atoms with E-state index in [2.05, 4.69) is 17.9 Å². The third-order valence-electron chi connectivity index (χ3n) is 5.32. The van der Waals surface area contributed by atoms with Gasteiger partial charge in [-0.1, -0.05) is 24.5 Å². The SMILES string of the molecule is COc1ccc(C)cc1/C=C/C(=O)N1CCCC2CCCCC21. The number of rotatable bonds is 3. The molecule has 2 fully saturated rings. The molecule has 1 aromatic carbocycles. The van der Waals surface area contributed by atoms with E-state index < -0.39 is 0 Å². The molecule has 3 nitrogen and oxygen atoms in total. The number of likely N-dealkylation sites (tertiary alicyclic amines) is 1. The zero-order valence-electron chi connectivity index (χ0n) is 14.3. The highest BCUT2D eigenvalue weighted by Crippen LogP contribution is 2.35. The standard InChI is InChI=1S/C20H27NO2/c1-15-9-11-19(23-2)17(14-15)10-12-20(22)21-13-5-7-16-6-3-4-8-18(16)21/h9-12,14,16,18H,3-8,13H2,1-2H3/b12-10+. The van der Waals surface area contributed by atoms with E-state index in [1.807, 2.05) is 18.2 Å². The summed E-state index contributed by atoms with van der Waals surface area (Å²) < 4.78 is 5.39. The van der Waals surface area contributed by atoms with E-state index in [9.17, 15) is 4.79 Å². The van der Waals surface area contributed by atoms with Crippen LogP contribution in [0.3, 0.4) is 0 Å². The molecular weight excluding hydrogens is 286 g/mol. The van der Waals surface area contributed by atoms with Crippen LogP contribution in [0.15, 0.2) is 24.3 Å². The van der Waals surface area contributed by atoms with Gasteiger partial charge < -0.3 is 9.64 Å². The highest BCUT2D eigenvalue weighted by Gasteiger charge is 2.34. The number of carbonyl (C=O) groups excluding carboxylic acids is 1. The molecule has 0 bridgehead atoms.